The van der Waals surface area contributed by atoms with Gasteiger partial charge in [0.05, 0.1) is 38.2 Å². The van der Waals surface area contributed by atoms with Crippen LogP contribution in [0.5, 0.6) is 11.5 Å². The number of aromatic nitrogens is 1. The highest BCUT2D eigenvalue weighted by atomic mass is 16.5. The van der Waals surface area contributed by atoms with Crippen LogP contribution in [0, 0.1) is 0 Å². The van der Waals surface area contributed by atoms with E-state index in [2.05, 4.69) is 10.5 Å². The quantitative estimate of drug-likeness (QED) is 0.797. The minimum absolute atomic E-state index is 0.220. The van der Waals surface area contributed by atoms with Gasteiger partial charge in [-0.3, -0.25) is 4.79 Å². The average molecular weight is 277 g/mol. The van der Waals surface area contributed by atoms with Gasteiger partial charge >= 0.3 is 0 Å². The third-order valence-corrected chi connectivity index (χ3v) is 2.73. The Labute approximate surface area is 115 Å². The molecule has 7 heteroatoms. The first kappa shape index (κ1) is 13.7. The van der Waals surface area contributed by atoms with Crippen LogP contribution in [0.15, 0.2) is 28.9 Å². The second kappa shape index (κ2) is 5.96. The number of carbonyl (C=O) groups excluding carboxylic acids is 1. The summed E-state index contributed by atoms with van der Waals surface area (Å²) < 4.78 is 15.1. The number of ether oxygens (including phenoxy) is 2. The monoisotopic (exact) mass is 277 g/mol. The summed E-state index contributed by atoms with van der Waals surface area (Å²) in [5.41, 5.74) is 6.42. The molecule has 2 rings (SSSR count). The smallest absolute Gasteiger partial charge is 0.254 e. The van der Waals surface area contributed by atoms with Crippen molar-refractivity contribution < 1.29 is 18.8 Å². The number of benzene rings is 1. The predicted molar refractivity (Wildman–Crippen MR) is 71.6 cm³/mol. The molecule has 20 heavy (non-hydrogen) atoms. The second-order valence-corrected chi connectivity index (χ2v) is 3.95. The van der Waals surface area contributed by atoms with Gasteiger partial charge in [-0.1, -0.05) is 5.16 Å². The standard InChI is InChI=1S/C13H15N3O4/c1-18-9-5-10(12(14)11(6-9)19-2)13(17)15-7-8-3-4-16-20-8/h3-6H,7,14H2,1-2H3,(H,15,17). The fourth-order valence-corrected chi connectivity index (χ4v) is 1.67. The molecule has 1 aromatic heterocycles. The molecule has 7 nitrogen and oxygen atoms in total. The van der Waals surface area contributed by atoms with E-state index in [9.17, 15) is 4.79 Å². The zero-order valence-electron chi connectivity index (χ0n) is 11.2. The Morgan fingerprint density at radius 3 is 2.80 bits per heavy atom. The largest absolute Gasteiger partial charge is 0.497 e. The van der Waals surface area contributed by atoms with E-state index in [1.54, 1.807) is 18.2 Å². The van der Waals surface area contributed by atoms with Crippen molar-refractivity contribution in [3.05, 3.63) is 35.7 Å². The summed E-state index contributed by atoms with van der Waals surface area (Å²) in [6, 6.07) is 4.83. The normalized spacial score (nSPS) is 10.1. The molecule has 0 aliphatic carbocycles. The minimum Gasteiger partial charge on any atom is -0.497 e. The van der Waals surface area contributed by atoms with Crippen LogP contribution >= 0.6 is 0 Å². The minimum atomic E-state index is -0.351. The fourth-order valence-electron chi connectivity index (χ4n) is 1.67. The molecule has 0 atom stereocenters. The topological polar surface area (TPSA) is 99.6 Å². The molecule has 1 amide bonds. The summed E-state index contributed by atoms with van der Waals surface area (Å²) in [6.07, 6.45) is 1.50. The Hall–Kier alpha value is -2.70. The van der Waals surface area contributed by atoms with Gasteiger partial charge in [-0.25, -0.2) is 0 Å². The molecule has 3 N–H and O–H groups in total. The van der Waals surface area contributed by atoms with E-state index in [-0.39, 0.29) is 23.7 Å². The maximum Gasteiger partial charge on any atom is 0.254 e. The van der Waals surface area contributed by atoms with Crippen molar-refractivity contribution in [2.45, 2.75) is 6.54 Å². The molecular formula is C13H15N3O4. The van der Waals surface area contributed by atoms with Gasteiger partial charge in [-0.15, -0.1) is 0 Å². The zero-order chi connectivity index (χ0) is 14.5. The van der Waals surface area contributed by atoms with Crippen LogP contribution in [0.25, 0.3) is 0 Å². The highest BCUT2D eigenvalue weighted by Gasteiger charge is 2.16. The molecule has 0 saturated carbocycles. The number of nitrogens with two attached hydrogens (primary N) is 1. The van der Waals surface area contributed by atoms with Gasteiger partial charge in [0.1, 0.15) is 11.5 Å². The maximum atomic E-state index is 12.1. The summed E-state index contributed by atoms with van der Waals surface area (Å²) in [7, 11) is 2.97. The van der Waals surface area contributed by atoms with Crippen LogP contribution in [0.1, 0.15) is 16.1 Å². The first-order valence-electron chi connectivity index (χ1n) is 5.85. The molecule has 0 aliphatic heterocycles. The number of rotatable bonds is 5. The number of nitrogen functional groups attached to an aromatic ring is 1. The Morgan fingerprint density at radius 2 is 2.20 bits per heavy atom. The Bertz CT molecular complexity index is 596. The summed E-state index contributed by atoms with van der Waals surface area (Å²) in [5, 5.41) is 6.24. The maximum absolute atomic E-state index is 12.1. The van der Waals surface area contributed by atoms with E-state index < -0.39 is 0 Å². The van der Waals surface area contributed by atoms with Crippen LogP contribution < -0.4 is 20.5 Å². The summed E-state index contributed by atoms with van der Waals surface area (Å²) >= 11 is 0. The lowest BCUT2D eigenvalue weighted by atomic mass is 10.1. The predicted octanol–water partition coefficient (Wildman–Crippen LogP) is 1.20. The van der Waals surface area contributed by atoms with Gasteiger partial charge in [0.2, 0.25) is 0 Å². The first-order chi connectivity index (χ1) is 9.65. The molecule has 1 aromatic carbocycles. The molecule has 106 valence electrons. The molecular weight excluding hydrogens is 262 g/mol. The van der Waals surface area contributed by atoms with E-state index in [0.29, 0.717) is 17.3 Å². The summed E-state index contributed by atoms with van der Waals surface area (Å²) in [5.74, 6) is 1.07. The Balaban J connectivity index is 2.20. The van der Waals surface area contributed by atoms with E-state index in [1.807, 2.05) is 0 Å². The number of nitrogens with zero attached hydrogens (tertiary/aromatic N) is 1. The van der Waals surface area contributed by atoms with Gasteiger partial charge in [0.25, 0.3) is 5.91 Å². The molecule has 0 aliphatic rings. The van der Waals surface area contributed by atoms with Gasteiger partial charge in [-0.05, 0) is 6.07 Å². The van der Waals surface area contributed by atoms with Gasteiger partial charge in [0, 0.05) is 12.1 Å². The first-order valence-corrected chi connectivity index (χ1v) is 5.85. The number of hydrogen-bond acceptors (Lipinski definition) is 6. The van der Waals surface area contributed by atoms with Crippen molar-refractivity contribution >= 4 is 11.6 Å². The highest BCUT2D eigenvalue weighted by molar-refractivity contribution is 6.00. The number of carbonyl (C=O) groups is 1. The highest BCUT2D eigenvalue weighted by Crippen LogP contribution is 2.30. The van der Waals surface area contributed by atoms with Crippen molar-refractivity contribution in [2.24, 2.45) is 0 Å². The van der Waals surface area contributed by atoms with Crippen molar-refractivity contribution in [2.75, 3.05) is 20.0 Å². The van der Waals surface area contributed by atoms with E-state index in [1.165, 1.54) is 20.4 Å². The lowest BCUT2D eigenvalue weighted by Crippen LogP contribution is -2.23. The molecule has 0 saturated heterocycles. The van der Waals surface area contributed by atoms with Gasteiger partial charge in [0.15, 0.2) is 5.76 Å². The number of hydrogen-bond donors (Lipinski definition) is 2. The molecule has 0 spiro atoms. The van der Waals surface area contributed by atoms with Crippen LogP contribution in [0.4, 0.5) is 5.69 Å². The molecule has 0 fully saturated rings. The molecule has 1 heterocycles. The number of methoxy groups -OCH3 is 2. The van der Waals surface area contributed by atoms with Crippen LogP contribution in [-0.4, -0.2) is 25.3 Å². The van der Waals surface area contributed by atoms with Crippen molar-refractivity contribution in [3.8, 4) is 11.5 Å². The number of nitrogens with one attached hydrogen (secondary N) is 1. The van der Waals surface area contributed by atoms with Gasteiger partial charge < -0.3 is 25.0 Å². The molecule has 0 unspecified atom stereocenters. The van der Waals surface area contributed by atoms with Crippen molar-refractivity contribution in [1.82, 2.24) is 10.5 Å². The van der Waals surface area contributed by atoms with E-state index in [4.69, 9.17) is 19.7 Å². The van der Waals surface area contributed by atoms with Crippen molar-refractivity contribution in [1.29, 1.82) is 0 Å². The summed E-state index contributed by atoms with van der Waals surface area (Å²) in [6.45, 7) is 0.220. The lowest BCUT2D eigenvalue weighted by Gasteiger charge is -2.12. The van der Waals surface area contributed by atoms with E-state index >= 15 is 0 Å². The average Bonchev–Trinajstić information content (AvgIpc) is 2.98. The van der Waals surface area contributed by atoms with Crippen molar-refractivity contribution in [3.63, 3.8) is 0 Å². The zero-order valence-corrected chi connectivity index (χ0v) is 11.2. The Kier molecular flexibility index (Phi) is 4.09. The fraction of sp³-hybridized carbons (Fsp3) is 0.231. The van der Waals surface area contributed by atoms with Crippen LogP contribution in [0.2, 0.25) is 0 Å². The number of amides is 1. The van der Waals surface area contributed by atoms with Gasteiger partial charge in [-0.2, -0.15) is 0 Å². The third-order valence-electron chi connectivity index (χ3n) is 2.73. The SMILES string of the molecule is COc1cc(OC)c(N)c(C(=O)NCc2ccno2)c1. The van der Waals surface area contributed by atoms with Crippen LogP contribution in [0.3, 0.4) is 0 Å². The molecule has 0 radical (unpaired) electrons. The van der Waals surface area contributed by atoms with Crippen LogP contribution in [-0.2, 0) is 6.54 Å². The molecule has 0 bridgehead atoms. The molecule has 2 aromatic rings. The Morgan fingerprint density at radius 1 is 1.40 bits per heavy atom. The lowest BCUT2D eigenvalue weighted by molar-refractivity contribution is 0.0947. The second-order valence-electron chi connectivity index (χ2n) is 3.95. The number of anilines is 1. The summed E-state index contributed by atoms with van der Waals surface area (Å²) in [4.78, 5) is 12.1. The third kappa shape index (κ3) is 2.82. The van der Waals surface area contributed by atoms with E-state index in [0.717, 1.165) is 0 Å².